The van der Waals surface area contributed by atoms with E-state index in [1.165, 1.54) is 11.8 Å². The Morgan fingerprint density at radius 3 is 2.52 bits per heavy atom. The minimum atomic E-state index is -0.214. The van der Waals surface area contributed by atoms with Gasteiger partial charge in [0.05, 0.1) is 11.4 Å². The third-order valence-corrected chi connectivity index (χ3v) is 4.88. The molecule has 0 saturated heterocycles. The van der Waals surface area contributed by atoms with Crippen molar-refractivity contribution in [3.63, 3.8) is 0 Å². The van der Waals surface area contributed by atoms with E-state index in [1.807, 2.05) is 24.3 Å². The molecule has 0 saturated carbocycles. The fraction of sp³-hybridized carbons (Fsp3) is 0.0667. The van der Waals surface area contributed by atoms with Gasteiger partial charge >= 0.3 is 0 Å². The van der Waals surface area contributed by atoms with Crippen molar-refractivity contribution in [2.75, 3.05) is 11.1 Å². The molecule has 10 heteroatoms. The topological polar surface area (TPSA) is 72.7 Å². The van der Waals surface area contributed by atoms with Crippen molar-refractivity contribution in [3.05, 3.63) is 57.0 Å². The summed E-state index contributed by atoms with van der Waals surface area (Å²) in [7, 11) is 0. The van der Waals surface area contributed by atoms with Gasteiger partial charge in [0.2, 0.25) is 11.1 Å². The van der Waals surface area contributed by atoms with Crippen LogP contribution in [-0.2, 0) is 4.79 Å². The molecule has 0 unspecified atom stereocenters. The molecule has 25 heavy (non-hydrogen) atoms. The van der Waals surface area contributed by atoms with Crippen molar-refractivity contribution >= 4 is 62.5 Å². The number of rotatable bonds is 5. The van der Waals surface area contributed by atoms with Gasteiger partial charge < -0.3 is 5.32 Å². The number of carbonyl (C=O) groups excluding carboxylic acids is 1. The van der Waals surface area contributed by atoms with Crippen LogP contribution in [0.5, 0.6) is 0 Å². The summed E-state index contributed by atoms with van der Waals surface area (Å²) in [5.74, 6) is -0.0743. The summed E-state index contributed by atoms with van der Waals surface area (Å²) in [6.45, 7) is 0. The van der Waals surface area contributed by atoms with Crippen molar-refractivity contribution in [2.45, 2.75) is 5.16 Å². The second-order valence-electron chi connectivity index (χ2n) is 4.84. The fourth-order valence-electron chi connectivity index (χ4n) is 1.97. The Labute approximate surface area is 166 Å². The number of halogens is 3. The van der Waals surface area contributed by atoms with Crippen LogP contribution in [0.1, 0.15) is 0 Å². The van der Waals surface area contributed by atoms with Crippen LogP contribution < -0.4 is 5.32 Å². The van der Waals surface area contributed by atoms with Crippen molar-refractivity contribution in [3.8, 4) is 5.69 Å². The van der Waals surface area contributed by atoms with Crippen LogP contribution in [0.4, 0.5) is 5.69 Å². The number of hydrogen-bond donors (Lipinski definition) is 1. The molecule has 0 aliphatic rings. The van der Waals surface area contributed by atoms with Crippen LogP contribution in [0.25, 0.3) is 5.69 Å². The number of nitrogens with one attached hydrogen (secondary N) is 1. The number of anilines is 1. The van der Waals surface area contributed by atoms with Gasteiger partial charge in [0, 0.05) is 20.2 Å². The van der Waals surface area contributed by atoms with E-state index in [0.29, 0.717) is 20.9 Å². The number of benzene rings is 2. The first-order valence-corrected chi connectivity index (χ1v) is 9.48. The molecule has 3 rings (SSSR count). The third kappa shape index (κ3) is 4.94. The Balaban J connectivity index is 1.65. The maximum absolute atomic E-state index is 12.1. The molecule has 1 heterocycles. The molecule has 1 N–H and O–H groups in total. The molecule has 1 aromatic heterocycles. The van der Waals surface area contributed by atoms with Gasteiger partial charge in [-0.25, -0.2) is 0 Å². The van der Waals surface area contributed by atoms with Crippen LogP contribution in [0.2, 0.25) is 10.0 Å². The van der Waals surface area contributed by atoms with E-state index in [0.717, 1.165) is 10.2 Å². The Morgan fingerprint density at radius 1 is 1.16 bits per heavy atom. The number of amides is 1. The lowest BCUT2D eigenvalue weighted by Gasteiger charge is -2.07. The molecule has 0 spiro atoms. The highest BCUT2D eigenvalue weighted by Gasteiger charge is 2.12. The summed E-state index contributed by atoms with van der Waals surface area (Å²) >= 11 is 16.4. The number of tetrazole rings is 1. The normalized spacial score (nSPS) is 10.7. The molecular formula is C15H10BrCl2N5OS. The molecule has 0 aliphatic carbocycles. The SMILES string of the molecule is O=C(CSc1nnnn1-c1ccc(Br)cc1)Nc1cc(Cl)cc(Cl)c1. The predicted octanol–water partition coefficient (Wildman–Crippen LogP) is 4.46. The van der Waals surface area contributed by atoms with Crippen molar-refractivity contribution in [1.82, 2.24) is 20.2 Å². The van der Waals surface area contributed by atoms with Gasteiger partial charge in [0.25, 0.3) is 0 Å². The van der Waals surface area contributed by atoms with E-state index in [1.54, 1.807) is 22.9 Å². The summed E-state index contributed by atoms with van der Waals surface area (Å²) in [4.78, 5) is 12.1. The monoisotopic (exact) mass is 457 g/mol. The van der Waals surface area contributed by atoms with E-state index < -0.39 is 0 Å². The molecule has 0 bridgehead atoms. The lowest BCUT2D eigenvalue weighted by molar-refractivity contribution is -0.113. The summed E-state index contributed by atoms with van der Waals surface area (Å²) < 4.78 is 2.53. The Kier molecular flexibility index (Phi) is 5.95. The first-order valence-electron chi connectivity index (χ1n) is 6.94. The zero-order valence-corrected chi connectivity index (χ0v) is 16.4. The van der Waals surface area contributed by atoms with E-state index in [2.05, 4.69) is 36.8 Å². The fourth-order valence-corrected chi connectivity index (χ4v) is 3.45. The van der Waals surface area contributed by atoms with Gasteiger partial charge in [-0.15, -0.1) is 5.10 Å². The molecule has 2 aromatic carbocycles. The molecule has 0 aliphatic heterocycles. The maximum atomic E-state index is 12.1. The summed E-state index contributed by atoms with van der Waals surface area (Å²) in [5.41, 5.74) is 1.34. The smallest absolute Gasteiger partial charge is 0.234 e. The average molecular weight is 459 g/mol. The van der Waals surface area contributed by atoms with Crippen LogP contribution in [0.15, 0.2) is 52.1 Å². The van der Waals surface area contributed by atoms with Crippen molar-refractivity contribution in [2.24, 2.45) is 0 Å². The van der Waals surface area contributed by atoms with E-state index in [9.17, 15) is 4.79 Å². The lowest BCUT2D eigenvalue weighted by Crippen LogP contribution is -2.14. The number of hydrogen-bond acceptors (Lipinski definition) is 5. The Morgan fingerprint density at radius 2 is 1.84 bits per heavy atom. The highest BCUT2D eigenvalue weighted by atomic mass is 79.9. The molecule has 3 aromatic rings. The number of aromatic nitrogens is 4. The minimum Gasteiger partial charge on any atom is -0.325 e. The second-order valence-corrected chi connectivity index (χ2v) is 7.58. The standard InChI is InChI=1S/C15H10BrCl2N5OS/c16-9-1-3-13(4-2-9)23-15(20-21-22-23)25-8-14(24)19-12-6-10(17)5-11(18)7-12/h1-7H,8H2,(H,19,24). The summed E-state index contributed by atoms with van der Waals surface area (Å²) in [6.07, 6.45) is 0. The summed E-state index contributed by atoms with van der Waals surface area (Å²) in [5, 5.41) is 15.7. The molecule has 0 atom stereocenters. The minimum absolute atomic E-state index is 0.140. The lowest BCUT2D eigenvalue weighted by atomic mass is 10.3. The zero-order valence-electron chi connectivity index (χ0n) is 12.5. The van der Waals surface area contributed by atoms with Gasteiger partial charge in [0.15, 0.2) is 0 Å². The molecule has 128 valence electrons. The number of nitrogens with zero attached hydrogens (tertiary/aromatic N) is 4. The van der Waals surface area contributed by atoms with Crippen LogP contribution in [-0.4, -0.2) is 31.9 Å². The highest BCUT2D eigenvalue weighted by molar-refractivity contribution is 9.10. The molecule has 0 fully saturated rings. The third-order valence-electron chi connectivity index (χ3n) is 2.99. The first kappa shape index (κ1) is 18.2. The van der Waals surface area contributed by atoms with E-state index in [-0.39, 0.29) is 11.7 Å². The van der Waals surface area contributed by atoms with Gasteiger partial charge in [-0.2, -0.15) is 4.68 Å². The average Bonchev–Trinajstić information content (AvgIpc) is 3.01. The van der Waals surface area contributed by atoms with Gasteiger partial charge in [-0.3, -0.25) is 4.79 Å². The van der Waals surface area contributed by atoms with Crippen LogP contribution in [0, 0.1) is 0 Å². The van der Waals surface area contributed by atoms with Crippen molar-refractivity contribution < 1.29 is 4.79 Å². The van der Waals surface area contributed by atoms with Gasteiger partial charge in [0.1, 0.15) is 0 Å². The van der Waals surface area contributed by atoms with Crippen molar-refractivity contribution in [1.29, 1.82) is 0 Å². The van der Waals surface area contributed by atoms with E-state index in [4.69, 9.17) is 23.2 Å². The van der Waals surface area contributed by atoms with Crippen LogP contribution >= 0.6 is 50.9 Å². The largest absolute Gasteiger partial charge is 0.325 e. The molecule has 6 nitrogen and oxygen atoms in total. The van der Waals surface area contributed by atoms with Gasteiger partial charge in [-0.1, -0.05) is 50.9 Å². The first-order chi connectivity index (χ1) is 12.0. The molecule has 1 amide bonds. The highest BCUT2D eigenvalue weighted by Crippen LogP contribution is 2.23. The zero-order chi connectivity index (χ0) is 17.8. The predicted molar refractivity (Wildman–Crippen MR) is 103 cm³/mol. The van der Waals surface area contributed by atoms with Gasteiger partial charge in [-0.05, 0) is 52.9 Å². The quantitative estimate of drug-likeness (QED) is 0.571. The van der Waals surface area contributed by atoms with Crippen LogP contribution in [0.3, 0.4) is 0 Å². The summed E-state index contributed by atoms with van der Waals surface area (Å²) in [6, 6.07) is 12.4. The Hall–Kier alpha value is -1.61. The Bertz CT molecular complexity index is 883. The number of thioether (sulfide) groups is 1. The van der Waals surface area contributed by atoms with E-state index >= 15 is 0 Å². The maximum Gasteiger partial charge on any atom is 0.234 e. The second kappa shape index (κ2) is 8.18. The molecular weight excluding hydrogens is 449 g/mol. The molecule has 0 radical (unpaired) electrons. The number of carbonyl (C=O) groups is 1.